The fraction of sp³-hybridized carbons (Fsp3) is 0.462. The monoisotopic (exact) mass is 312 g/mol. The summed E-state index contributed by atoms with van der Waals surface area (Å²) in [6.45, 7) is 1.93. The maximum Gasteiger partial charge on any atom is 0.319 e. The lowest BCUT2D eigenvalue weighted by molar-refractivity contribution is 0.221. The van der Waals surface area contributed by atoms with Crippen LogP contribution in [0.25, 0.3) is 0 Å². The highest BCUT2D eigenvalue weighted by Gasteiger charge is 2.18. The Morgan fingerprint density at radius 2 is 1.81 bits per heavy atom. The van der Waals surface area contributed by atoms with Crippen LogP contribution in [-0.2, 0) is 10.0 Å². The molecule has 2 rings (SSSR count). The number of hydrogen-bond acceptors (Lipinski definition) is 4. The number of piperidine rings is 1. The van der Waals surface area contributed by atoms with Crippen LogP contribution >= 0.6 is 0 Å². The van der Waals surface area contributed by atoms with Gasteiger partial charge in [0.25, 0.3) is 0 Å². The van der Waals surface area contributed by atoms with Crippen LogP contribution in [0.5, 0.6) is 0 Å². The van der Waals surface area contributed by atoms with E-state index in [4.69, 9.17) is 5.14 Å². The third-order valence-electron chi connectivity index (χ3n) is 3.49. The SMILES string of the molecule is CN1CCC(NC(=O)Nc2ccc(S(N)(=O)=O)cc2)CC1. The molecule has 1 aliphatic rings. The van der Waals surface area contributed by atoms with Gasteiger partial charge in [0.05, 0.1) is 4.90 Å². The van der Waals surface area contributed by atoms with E-state index in [2.05, 4.69) is 22.6 Å². The maximum absolute atomic E-state index is 11.9. The van der Waals surface area contributed by atoms with Crippen LogP contribution in [0.4, 0.5) is 10.5 Å². The number of rotatable bonds is 3. The zero-order valence-electron chi connectivity index (χ0n) is 11.9. The number of urea groups is 1. The molecule has 7 nitrogen and oxygen atoms in total. The van der Waals surface area contributed by atoms with Crippen LogP contribution < -0.4 is 15.8 Å². The maximum atomic E-state index is 11.9. The Balaban J connectivity index is 1.88. The van der Waals surface area contributed by atoms with Crippen molar-refractivity contribution in [2.24, 2.45) is 5.14 Å². The smallest absolute Gasteiger partial charge is 0.319 e. The number of hydrogen-bond donors (Lipinski definition) is 3. The second-order valence-electron chi connectivity index (χ2n) is 5.25. The molecule has 0 bridgehead atoms. The van der Waals surface area contributed by atoms with Gasteiger partial charge in [0.1, 0.15) is 0 Å². The summed E-state index contributed by atoms with van der Waals surface area (Å²) < 4.78 is 22.3. The summed E-state index contributed by atoms with van der Waals surface area (Å²) in [6, 6.07) is 5.63. The average molecular weight is 312 g/mol. The van der Waals surface area contributed by atoms with Gasteiger partial charge in [-0.05, 0) is 57.2 Å². The van der Waals surface area contributed by atoms with Crippen LogP contribution in [0.1, 0.15) is 12.8 Å². The van der Waals surface area contributed by atoms with Crippen molar-refractivity contribution in [3.05, 3.63) is 24.3 Å². The van der Waals surface area contributed by atoms with Gasteiger partial charge >= 0.3 is 6.03 Å². The lowest BCUT2D eigenvalue weighted by Crippen LogP contribution is -2.44. The number of anilines is 1. The predicted octanol–water partition coefficient (Wildman–Crippen LogP) is 0.550. The van der Waals surface area contributed by atoms with Crippen LogP contribution in [0.3, 0.4) is 0 Å². The Bertz CT molecular complexity index is 592. The molecule has 1 fully saturated rings. The highest BCUT2D eigenvalue weighted by atomic mass is 32.2. The molecular formula is C13H20N4O3S. The number of nitrogens with one attached hydrogen (secondary N) is 2. The van der Waals surface area contributed by atoms with Crippen molar-refractivity contribution in [3.8, 4) is 0 Å². The first-order valence-corrected chi connectivity index (χ1v) is 8.28. The van der Waals surface area contributed by atoms with Crippen molar-refractivity contribution in [1.29, 1.82) is 0 Å². The Hall–Kier alpha value is -1.64. The van der Waals surface area contributed by atoms with E-state index in [9.17, 15) is 13.2 Å². The van der Waals surface area contributed by atoms with E-state index in [1.165, 1.54) is 24.3 Å². The number of amides is 2. The van der Waals surface area contributed by atoms with Crippen LogP contribution in [0.15, 0.2) is 29.2 Å². The van der Waals surface area contributed by atoms with Gasteiger partial charge in [-0.3, -0.25) is 0 Å². The van der Waals surface area contributed by atoms with Crippen molar-refractivity contribution in [3.63, 3.8) is 0 Å². The zero-order valence-corrected chi connectivity index (χ0v) is 12.7. The van der Waals surface area contributed by atoms with Gasteiger partial charge in [-0.25, -0.2) is 18.4 Å². The summed E-state index contributed by atoms with van der Waals surface area (Å²) in [7, 11) is -1.65. The topological polar surface area (TPSA) is 105 Å². The second-order valence-corrected chi connectivity index (χ2v) is 6.81. The molecule has 1 aliphatic heterocycles. The van der Waals surface area contributed by atoms with Gasteiger partial charge in [-0.1, -0.05) is 0 Å². The Morgan fingerprint density at radius 3 is 2.33 bits per heavy atom. The molecule has 0 spiro atoms. The third kappa shape index (κ3) is 4.69. The Morgan fingerprint density at radius 1 is 1.24 bits per heavy atom. The lowest BCUT2D eigenvalue weighted by Gasteiger charge is -2.29. The van der Waals surface area contributed by atoms with Gasteiger partial charge in [0.2, 0.25) is 10.0 Å². The molecule has 4 N–H and O–H groups in total. The number of primary sulfonamides is 1. The average Bonchev–Trinajstić information content (AvgIpc) is 2.41. The van der Waals surface area contributed by atoms with E-state index in [0.717, 1.165) is 25.9 Å². The van der Waals surface area contributed by atoms with E-state index < -0.39 is 10.0 Å². The van der Waals surface area contributed by atoms with Gasteiger partial charge in [0, 0.05) is 11.7 Å². The summed E-state index contributed by atoms with van der Waals surface area (Å²) in [5, 5.41) is 10.6. The van der Waals surface area contributed by atoms with Crippen molar-refractivity contribution in [1.82, 2.24) is 10.2 Å². The molecule has 0 unspecified atom stereocenters. The molecule has 0 saturated carbocycles. The first-order valence-electron chi connectivity index (χ1n) is 6.73. The second kappa shape index (κ2) is 6.42. The van der Waals surface area contributed by atoms with E-state index in [0.29, 0.717) is 5.69 Å². The van der Waals surface area contributed by atoms with E-state index in [1.807, 2.05) is 0 Å². The summed E-state index contributed by atoms with van der Waals surface area (Å²) >= 11 is 0. The molecular weight excluding hydrogens is 292 g/mol. The molecule has 1 aromatic rings. The molecule has 1 heterocycles. The summed E-state index contributed by atoms with van der Waals surface area (Å²) in [5.74, 6) is 0. The van der Waals surface area contributed by atoms with Crippen molar-refractivity contribution >= 4 is 21.7 Å². The summed E-state index contributed by atoms with van der Waals surface area (Å²) in [4.78, 5) is 14.1. The molecule has 2 amide bonds. The van der Waals surface area contributed by atoms with Gasteiger partial charge in [-0.15, -0.1) is 0 Å². The first kappa shape index (κ1) is 15.7. The minimum absolute atomic E-state index is 0.0174. The predicted molar refractivity (Wildman–Crippen MR) is 80.5 cm³/mol. The summed E-state index contributed by atoms with van der Waals surface area (Å²) in [5.41, 5.74) is 0.521. The Kier molecular flexibility index (Phi) is 4.81. The quantitative estimate of drug-likeness (QED) is 0.758. The molecule has 116 valence electrons. The van der Waals surface area contributed by atoms with E-state index in [1.54, 1.807) is 0 Å². The summed E-state index contributed by atoms with van der Waals surface area (Å²) in [6.07, 6.45) is 1.85. The number of sulfonamides is 1. The third-order valence-corrected chi connectivity index (χ3v) is 4.42. The number of carbonyl (C=O) groups excluding carboxylic acids is 1. The molecule has 0 radical (unpaired) electrons. The van der Waals surface area contributed by atoms with Crippen LogP contribution in [0.2, 0.25) is 0 Å². The molecule has 0 atom stereocenters. The van der Waals surface area contributed by atoms with Gasteiger partial charge in [0.15, 0.2) is 0 Å². The number of nitrogens with zero attached hydrogens (tertiary/aromatic N) is 1. The molecule has 1 aromatic carbocycles. The van der Waals surface area contributed by atoms with Crippen molar-refractivity contribution in [2.45, 2.75) is 23.8 Å². The molecule has 21 heavy (non-hydrogen) atoms. The molecule has 0 aromatic heterocycles. The molecule has 0 aliphatic carbocycles. The first-order chi connectivity index (χ1) is 9.84. The highest BCUT2D eigenvalue weighted by Crippen LogP contribution is 2.13. The van der Waals surface area contributed by atoms with E-state index >= 15 is 0 Å². The minimum Gasteiger partial charge on any atom is -0.335 e. The minimum atomic E-state index is -3.71. The Labute approximate surface area is 124 Å². The largest absolute Gasteiger partial charge is 0.335 e. The standard InChI is InChI=1S/C13H20N4O3S/c1-17-8-6-11(7-9-17)16-13(18)15-10-2-4-12(5-3-10)21(14,19)20/h2-5,11H,6-9H2,1H3,(H2,14,19,20)(H2,15,16,18). The van der Waals surface area contributed by atoms with E-state index in [-0.39, 0.29) is 17.0 Å². The number of likely N-dealkylation sites (tertiary alicyclic amines) is 1. The fourth-order valence-electron chi connectivity index (χ4n) is 2.23. The number of carbonyl (C=O) groups is 1. The molecule has 1 saturated heterocycles. The number of nitrogens with two attached hydrogens (primary N) is 1. The van der Waals surface area contributed by atoms with Crippen molar-refractivity contribution in [2.75, 3.05) is 25.5 Å². The van der Waals surface area contributed by atoms with Crippen LogP contribution in [-0.4, -0.2) is 45.5 Å². The van der Waals surface area contributed by atoms with Crippen LogP contribution in [0, 0.1) is 0 Å². The molecule has 8 heteroatoms. The van der Waals surface area contributed by atoms with Gasteiger partial charge in [-0.2, -0.15) is 0 Å². The zero-order chi connectivity index (χ0) is 15.5. The normalized spacial score (nSPS) is 17.4. The number of benzene rings is 1. The lowest BCUT2D eigenvalue weighted by atomic mass is 10.1. The van der Waals surface area contributed by atoms with Crippen molar-refractivity contribution < 1.29 is 13.2 Å². The highest BCUT2D eigenvalue weighted by molar-refractivity contribution is 7.89. The fourth-order valence-corrected chi connectivity index (χ4v) is 2.75. The van der Waals surface area contributed by atoms with Gasteiger partial charge < -0.3 is 15.5 Å².